The quantitative estimate of drug-likeness (QED) is 0.703. The lowest BCUT2D eigenvalue weighted by atomic mass is 10.1. The van der Waals surface area contributed by atoms with Crippen LogP contribution in [0.2, 0.25) is 0 Å². The molecule has 2 aromatic carbocycles. The van der Waals surface area contributed by atoms with Crippen molar-refractivity contribution in [1.29, 1.82) is 0 Å². The highest BCUT2D eigenvalue weighted by molar-refractivity contribution is 5.87. The number of ether oxygens (including phenoxy) is 2. The lowest BCUT2D eigenvalue weighted by molar-refractivity contribution is -0.140. The fourth-order valence-corrected chi connectivity index (χ4v) is 3.52. The van der Waals surface area contributed by atoms with Crippen LogP contribution in [0, 0.1) is 6.92 Å². The normalized spacial score (nSPS) is 13.6. The summed E-state index contributed by atoms with van der Waals surface area (Å²) in [6.45, 7) is 9.12. The molecule has 6 heteroatoms. The molecule has 31 heavy (non-hydrogen) atoms. The van der Waals surface area contributed by atoms with Gasteiger partial charge in [-0.05, 0) is 57.4 Å². The summed E-state index contributed by atoms with van der Waals surface area (Å²) in [4.78, 5) is 27.5. The van der Waals surface area contributed by atoms with Crippen LogP contribution in [0.15, 0.2) is 42.5 Å². The van der Waals surface area contributed by atoms with Crippen LogP contribution < -0.4 is 14.8 Å². The second kappa shape index (κ2) is 10.3. The van der Waals surface area contributed by atoms with Crippen molar-refractivity contribution < 1.29 is 19.1 Å². The predicted octanol–water partition coefficient (Wildman–Crippen LogP) is 3.64. The van der Waals surface area contributed by atoms with Crippen LogP contribution in [0.5, 0.6) is 11.5 Å². The minimum atomic E-state index is -0.559. The number of hydrogen-bond donors (Lipinski definition) is 1. The molecule has 1 aliphatic rings. The Labute approximate surface area is 184 Å². The van der Waals surface area contributed by atoms with Crippen molar-refractivity contribution in [1.82, 2.24) is 10.2 Å². The summed E-state index contributed by atoms with van der Waals surface area (Å²) in [6, 6.07) is 13.3. The Morgan fingerprint density at radius 1 is 0.968 bits per heavy atom. The van der Waals surface area contributed by atoms with E-state index >= 15 is 0 Å². The number of fused-ring (bicyclic) bond motifs is 1. The zero-order valence-electron chi connectivity index (χ0n) is 18.8. The van der Waals surface area contributed by atoms with E-state index in [0.29, 0.717) is 32.6 Å². The molecule has 0 aromatic heterocycles. The second-order valence-electron chi connectivity index (χ2n) is 8.32. The molecule has 0 spiro atoms. The van der Waals surface area contributed by atoms with E-state index in [1.807, 2.05) is 63.2 Å². The van der Waals surface area contributed by atoms with Crippen LogP contribution >= 0.6 is 0 Å². The number of carbonyl (C=O) groups is 2. The summed E-state index contributed by atoms with van der Waals surface area (Å²) in [5.41, 5.74) is 3.17. The van der Waals surface area contributed by atoms with Crippen molar-refractivity contribution >= 4 is 11.8 Å². The third-order valence-corrected chi connectivity index (χ3v) is 5.31. The molecule has 0 aliphatic carbocycles. The number of amides is 2. The molecule has 3 rings (SSSR count). The lowest BCUT2D eigenvalue weighted by Gasteiger charge is -2.29. The Bertz CT molecular complexity index is 908. The third kappa shape index (κ3) is 6.23. The fourth-order valence-electron chi connectivity index (χ4n) is 3.52. The molecule has 0 saturated carbocycles. The van der Waals surface area contributed by atoms with Crippen molar-refractivity contribution in [3.8, 4) is 11.5 Å². The first kappa shape index (κ1) is 22.7. The Balaban J connectivity index is 1.71. The first-order chi connectivity index (χ1) is 14.8. The van der Waals surface area contributed by atoms with Crippen molar-refractivity contribution in [3.63, 3.8) is 0 Å². The second-order valence-corrected chi connectivity index (χ2v) is 8.32. The van der Waals surface area contributed by atoms with Crippen LogP contribution in [0.3, 0.4) is 0 Å². The van der Waals surface area contributed by atoms with Crippen LogP contribution in [-0.2, 0) is 22.6 Å². The molecule has 0 fully saturated rings. The molecular weight excluding hydrogens is 392 g/mol. The minimum Gasteiger partial charge on any atom is -0.486 e. The van der Waals surface area contributed by atoms with Gasteiger partial charge < -0.3 is 19.7 Å². The highest BCUT2D eigenvalue weighted by Gasteiger charge is 2.26. The smallest absolute Gasteiger partial charge is 0.242 e. The summed E-state index contributed by atoms with van der Waals surface area (Å²) in [7, 11) is 0. The molecule has 1 aliphatic heterocycles. The van der Waals surface area contributed by atoms with E-state index in [4.69, 9.17) is 9.47 Å². The minimum absolute atomic E-state index is 0.0176. The fraction of sp³-hybridized carbons (Fsp3) is 0.440. The standard InChI is InChI=1S/C25H32N2O4/c1-17(2)26-25(29)19(4)27(16-21-7-5-18(3)6-8-21)24(28)12-10-20-9-11-22-23(15-20)31-14-13-30-22/h5-9,11,15,17,19H,10,12-14,16H2,1-4H3,(H,26,29)/t19-/m1/s1. The van der Waals surface area contributed by atoms with Crippen LogP contribution in [0.4, 0.5) is 0 Å². The number of nitrogens with one attached hydrogen (secondary N) is 1. The van der Waals surface area contributed by atoms with E-state index < -0.39 is 6.04 Å². The van der Waals surface area contributed by atoms with E-state index in [1.54, 1.807) is 11.8 Å². The van der Waals surface area contributed by atoms with E-state index in [9.17, 15) is 9.59 Å². The van der Waals surface area contributed by atoms with Crippen molar-refractivity contribution in [2.24, 2.45) is 0 Å². The van der Waals surface area contributed by atoms with Gasteiger partial charge in [0.2, 0.25) is 11.8 Å². The zero-order chi connectivity index (χ0) is 22.4. The highest BCUT2D eigenvalue weighted by Crippen LogP contribution is 2.31. The largest absolute Gasteiger partial charge is 0.486 e. The molecule has 2 amide bonds. The van der Waals surface area contributed by atoms with E-state index in [-0.39, 0.29) is 17.9 Å². The van der Waals surface area contributed by atoms with E-state index in [1.165, 1.54) is 0 Å². The molecular formula is C25H32N2O4. The first-order valence-electron chi connectivity index (χ1n) is 10.9. The van der Waals surface area contributed by atoms with Gasteiger partial charge in [-0.3, -0.25) is 9.59 Å². The van der Waals surface area contributed by atoms with Gasteiger partial charge in [0, 0.05) is 19.0 Å². The summed E-state index contributed by atoms with van der Waals surface area (Å²) in [5, 5.41) is 2.92. The van der Waals surface area contributed by atoms with Crippen molar-refractivity contribution in [2.45, 2.75) is 59.2 Å². The molecule has 166 valence electrons. The van der Waals surface area contributed by atoms with Crippen LogP contribution in [-0.4, -0.2) is 42.0 Å². The first-order valence-corrected chi connectivity index (χ1v) is 10.9. The maximum absolute atomic E-state index is 13.2. The number of aryl methyl sites for hydroxylation is 2. The topological polar surface area (TPSA) is 67.9 Å². The highest BCUT2D eigenvalue weighted by atomic mass is 16.6. The number of carbonyl (C=O) groups excluding carboxylic acids is 2. The van der Waals surface area contributed by atoms with E-state index in [0.717, 1.165) is 28.2 Å². The molecule has 0 unspecified atom stereocenters. The van der Waals surface area contributed by atoms with E-state index in [2.05, 4.69) is 5.32 Å². The maximum atomic E-state index is 13.2. The zero-order valence-corrected chi connectivity index (χ0v) is 18.8. The number of nitrogens with zero attached hydrogens (tertiary/aromatic N) is 1. The van der Waals surface area contributed by atoms with Crippen LogP contribution in [0.25, 0.3) is 0 Å². The molecule has 1 atom stereocenters. The molecule has 1 N–H and O–H groups in total. The van der Waals surface area contributed by atoms with Crippen LogP contribution in [0.1, 0.15) is 43.9 Å². The molecule has 1 heterocycles. The monoisotopic (exact) mass is 424 g/mol. The summed E-state index contributed by atoms with van der Waals surface area (Å²) >= 11 is 0. The molecule has 0 radical (unpaired) electrons. The van der Waals surface area contributed by atoms with Gasteiger partial charge in [0.25, 0.3) is 0 Å². The van der Waals surface area contributed by atoms with Crippen molar-refractivity contribution in [3.05, 3.63) is 59.2 Å². The number of rotatable bonds is 8. The number of benzene rings is 2. The average Bonchev–Trinajstić information content (AvgIpc) is 2.76. The maximum Gasteiger partial charge on any atom is 0.242 e. The molecule has 6 nitrogen and oxygen atoms in total. The lowest BCUT2D eigenvalue weighted by Crippen LogP contribution is -2.49. The van der Waals surface area contributed by atoms with Crippen molar-refractivity contribution in [2.75, 3.05) is 13.2 Å². The van der Waals surface area contributed by atoms with Gasteiger partial charge in [0.05, 0.1) is 0 Å². The van der Waals surface area contributed by atoms with Gasteiger partial charge >= 0.3 is 0 Å². The number of hydrogen-bond acceptors (Lipinski definition) is 4. The SMILES string of the molecule is Cc1ccc(CN(C(=O)CCc2ccc3c(c2)OCCO3)[C@H](C)C(=O)NC(C)C)cc1. The third-order valence-electron chi connectivity index (χ3n) is 5.31. The summed E-state index contributed by atoms with van der Waals surface area (Å²) in [6.07, 6.45) is 0.878. The average molecular weight is 425 g/mol. The van der Waals surface area contributed by atoms with Gasteiger partial charge in [-0.1, -0.05) is 35.9 Å². The summed E-state index contributed by atoms with van der Waals surface area (Å²) in [5.74, 6) is 1.26. The van der Waals surface area contributed by atoms with Gasteiger partial charge in [-0.25, -0.2) is 0 Å². The van der Waals surface area contributed by atoms with Gasteiger partial charge in [-0.2, -0.15) is 0 Å². The Kier molecular flexibility index (Phi) is 7.55. The van der Waals surface area contributed by atoms with Gasteiger partial charge in [0.1, 0.15) is 19.3 Å². The van der Waals surface area contributed by atoms with Gasteiger partial charge in [-0.15, -0.1) is 0 Å². The van der Waals surface area contributed by atoms with Gasteiger partial charge in [0.15, 0.2) is 11.5 Å². The molecule has 2 aromatic rings. The Hall–Kier alpha value is -3.02. The predicted molar refractivity (Wildman–Crippen MR) is 120 cm³/mol. The Morgan fingerprint density at radius 2 is 1.61 bits per heavy atom. The summed E-state index contributed by atoms with van der Waals surface area (Å²) < 4.78 is 11.2. The molecule has 0 bridgehead atoms. The molecule has 0 saturated heterocycles. The Morgan fingerprint density at radius 3 is 2.29 bits per heavy atom.